The molecule has 0 atom stereocenters. The molecule has 3 aromatic heterocycles. The minimum atomic E-state index is -0.433. The summed E-state index contributed by atoms with van der Waals surface area (Å²) in [5.74, 6) is -0.724. The summed E-state index contributed by atoms with van der Waals surface area (Å²) < 4.78 is 14.9. The Morgan fingerprint density at radius 2 is 2.00 bits per heavy atom. The Hall–Kier alpha value is -3.97. The lowest BCUT2D eigenvalue weighted by atomic mass is 10.0. The van der Waals surface area contributed by atoms with E-state index in [9.17, 15) is 9.18 Å². The third-order valence-electron chi connectivity index (χ3n) is 6.67. The van der Waals surface area contributed by atoms with Crippen molar-refractivity contribution in [3.8, 4) is 0 Å². The number of hydrogen-bond acceptors (Lipinski definition) is 4. The fraction of sp³-hybridized carbons (Fsp3) is 0.179. The maximum Gasteiger partial charge on any atom is 0.251 e. The van der Waals surface area contributed by atoms with E-state index in [0.717, 1.165) is 40.9 Å². The highest BCUT2D eigenvalue weighted by molar-refractivity contribution is 6.35. The van der Waals surface area contributed by atoms with Crippen LogP contribution in [0.15, 0.2) is 67.1 Å². The monoisotopic (exact) mass is 499 g/mol. The van der Waals surface area contributed by atoms with E-state index in [1.54, 1.807) is 36.7 Å². The Morgan fingerprint density at radius 1 is 1.11 bits per heavy atom. The second-order valence-corrected chi connectivity index (χ2v) is 9.46. The number of fused-ring (bicyclic) bond motifs is 2. The Morgan fingerprint density at radius 3 is 2.83 bits per heavy atom. The van der Waals surface area contributed by atoms with Crippen LogP contribution in [0.1, 0.15) is 33.6 Å². The third kappa shape index (κ3) is 4.27. The van der Waals surface area contributed by atoms with Gasteiger partial charge in [0.1, 0.15) is 5.82 Å². The van der Waals surface area contributed by atoms with Crippen molar-refractivity contribution in [2.24, 2.45) is 0 Å². The lowest BCUT2D eigenvalue weighted by Gasteiger charge is -2.32. The molecule has 1 aliphatic heterocycles. The molecule has 2 N–H and O–H groups in total. The Balaban J connectivity index is 1.17. The van der Waals surface area contributed by atoms with E-state index in [1.807, 2.05) is 18.3 Å². The maximum atomic E-state index is 14.9. The third-order valence-corrected chi connectivity index (χ3v) is 6.97. The Kier molecular flexibility index (Phi) is 5.77. The normalized spacial score (nSPS) is 13.2. The van der Waals surface area contributed by atoms with Crippen molar-refractivity contribution < 1.29 is 9.18 Å². The molecule has 180 valence electrons. The van der Waals surface area contributed by atoms with Crippen molar-refractivity contribution in [2.75, 3.05) is 18.0 Å². The molecule has 0 aliphatic carbocycles. The average molecular weight is 500 g/mol. The molecule has 1 saturated heterocycles. The predicted octanol–water partition coefficient (Wildman–Crippen LogP) is 5.63. The molecule has 8 heteroatoms. The summed E-state index contributed by atoms with van der Waals surface area (Å²) in [4.78, 5) is 27.1. The van der Waals surface area contributed by atoms with Crippen LogP contribution in [0.5, 0.6) is 0 Å². The van der Waals surface area contributed by atoms with Gasteiger partial charge in [-0.1, -0.05) is 23.7 Å². The van der Waals surface area contributed by atoms with Gasteiger partial charge in [-0.05, 0) is 48.4 Å². The number of pyridine rings is 2. The van der Waals surface area contributed by atoms with Gasteiger partial charge in [-0.3, -0.25) is 14.8 Å². The first kappa shape index (κ1) is 22.5. The fourth-order valence-corrected chi connectivity index (χ4v) is 4.79. The number of nitrogens with zero attached hydrogens (tertiary/aromatic N) is 3. The molecule has 1 amide bonds. The van der Waals surface area contributed by atoms with Crippen LogP contribution in [-0.2, 0) is 13.0 Å². The highest BCUT2D eigenvalue weighted by Crippen LogP contribution is 2.28. The van der Waals surface area contributed by atoms with Gasteiger partial charge in [0.15, 0.2) is 0 Å². The maximum absolute atomic E-state index is 14.9. The zero-order valence-corrected chi connectivity index (χ0v) is 20.1. The van der Waals surface area contributed by atoms with Crippen LogP contribution in [0.4, 0.5) is 10.1 Å². The van der Waals surface area contributed by atoms with Gasteiger partial charge in [-0.15, -0.1) is 0 Å². The van der Waals surface area contributed by atoms with E-state index in [2.05, 4.69) is 37.3 Å². The zero-order valence-electron chi connectivity index (χ0n) is 19.4. The van der Waals surface area contributed by atoms with Crippen LogP contribution in [0.25, 0.3) is 21.8 Å². The molecule has 0 radical (unpaired) electrons. The van der Waals surface area contributed by atoms with Crippen LogP contribution in [0.2, 0.25) is 5.02 Å². The molecular weight excluding hydrogens is 477 g/mol. The van der Waals surface area contributed by atoms with Crippen molar-refractivity contribution >= 4 is 45.0 Å². The lowest BCUT2D eigenvalue weighted by molar-refractivity contribution is 0.0950. The number of benzene rings is 2. The van der Waals surface area contributed by atoms with Crippen molar-refractivity contribution in [2.45, 2.75) is 19.4 Å². The molecule has 2 aromatic carbocycles. The molecule has 0 unspecified atom stereocenters. The van der Waals surface area contributed by atoms with Gasteiger partial charge in [-0.2, -0.15) is 0 Å². The number of nitrogens with one attached hydrogen (secondary N) is 2. The number of carbonyl (C=O) groups is 1. The molecule has 1 fully saturated rings. The highest BCUT2D eigenvalue weighted by atomic mass is 35.5. The fourth-order valence-electron chi connectivity index (χ4n) is 4.55. The number of aromatic nitrogens is 3. The SMILES string of the molecule is O=C(NCc1ccc2[nH]cc(Cl)c2c1F)c1ccnc(Cc2ccc3ncc(N4CCC4)cc3c2)c1. The molecule has 5 aromatic rings. The van der Waals surface area contributed by atoms with Crippen LogP contribution in [0, 0.1) is 5.82 Å². The second-order valence-electron chi connectivity index (χ2n) is 9.05. The quantitative estimate of drug-likeness (QED) is 0.317. The van der Waals surface area contributed by atoms with Crippen molar-refractivity contribution in [1.29, 1.82) is 0 Å². The molecule has 6 nitrogen and oxygen atoms in total. The Labute approximate surface area is 212 Å². The number of hydrogen-bond donors (Lipinski definition) is 2. The van der Waals surface area contributed by atoms with E-state index in [1.165, 1.54) is 6.42 Å². The molecular formula is C28H23ClFN5O. The average Bonchev–Trinajstić information content (AvgIpc) is 3.23. The van der Waals surface area contributed by atoms with Gasteiger partial charge < -0.3 is 15.2 Å². The van der Waals surface area contributed by atoms with Gasteiger partial charge in [0.05, 0.1) is 27.8 Å². The molecule has 36 heavy (non-hydrogen) atoms. The molecule has 6 rings (SSSR count). The van der Waals surface area contributed by atoms with Gasteiger partial charge in [0, 0.05) is 66.2 Å². The smallest absolute Gasteiger partial charge is 0.251 e. The van der Waals surface area contributed by atoms with Crippen LogP contribution in [-0.4, -0.2) is 33.9 Å². The van der Waals surface area contributed by atoms with Gasteiger partial charge in [0.25, 0.3) is 5.91 Å². The van der Waals surface area contributed by atoms with E-state index < -0.39 is 5.82 Å². The summed E-state index contributed by atoms with van der Waals surface area (Å²) in [6.45, 7) is 2.20. The Bertz CT molecular complexity index is 1610. The number of aromatic amines is 1. The molecule has 0 spiro atoms. The summed E-state index contributed by atoms with van der Waals surface area (Å²) in [5, 5.41) is 4.54. The molecule has 0 bridgehead atoms. The minimum Gasteiger partial charge on any atom is -0.370 e. The largest absolute Gasteiger partial charge is 0.370 e. The number of amides is 1. The summed E-state index contributed by atoms with van der Waals surface area (Å²) in [5.41, 5.74) is 5.44. The summed E-state index contributed by atoms with van der Waals surface area (Å²) in [6, 6.07) is 15.2. The molecule has 1 aliphatic rings. The minimum absolute atomic E-state index is 0.0524. The summed E-state index contributed by atoms with van der Waals surface area (Å²) in [7, 11) is 0. The van der Waals surface area contributed by atoms with E-state index in [0.29, 0.717) is 33.5 Å². The summed E-state index contributed by atoms with van der Waals surface area (Å²) >= 11 is 6.08. The molecule has 0 saturated carbocycles. The van der Waals surface area contributed by atoms with Gasteiger partial charge >= 0.3 is 0 Å². The number of anilines is 1. The second kappa shape index (κ2) is 9.24. The molecule has 4 heterocycles. The van der Waals surface area contributed by atoms with E-state index in [-0.39, 0.29) is 12.5 Å². The van der Waals surface area contributed by atoms with Crippen molar-refractivity contribution in [3.05, 3.63) is 100 Å². The number of carbonyl (C=O) groups excluding carboxylic acids is 1. The first-order valence-electron chi connectivity index (χ1n) is 11.9. The van der Waals surface area contributed by atoms with Crippen LogP contribution < -0.4 is 10.2 Å². The standard InChI is InChI=1S/C28H23ClFN5O/c29-23-16-33-25-5-3-19(27(30)26(23)25)14-34-28(36)18-6-7-31-21(12-18)11-17-2-4-24-20(10-17)13-22(15-32-24)35-8-1-9-35/h2-7,10,12-13,15-16,33H,1,8-9,11,14H2,(H,34,36). The number of rotatable bonds is 6. The lowest BCUT2D eigenvalue weighted by Crippen LogP contribution is -2.36. The summed E-state index contributed by atoms with van der Waals surface area (Å²) in [6.07, 6.45) is 6.91. The van der Waals surface area contributed by atoms with Crippen LogP contribution in [0.3, 0.4) is 0 Å². The van der Waals surface area contributed by atoms with Gasteiger partial charge in [0.2, 0.25) is 0 Å². The number of H-pyrrole nitrogens is 1. The first-order chi connectivity index (χ1) is 17.5. The van der Waals surface area contributed by atoms with Crippen molar-refractivity contribution in [3.63, 3.8) is 0 Å². The van der Waals surface area contributed by atoms with E-state index >= 15 is 0 Å². The highest BCUT2D eigenvalue weighted by Gasteiger charge is 2.16. The van der Waals surface area contributed by atoms with Gasteiger partial charge in [-0.25, -0.2) is 4.39 Å². The number of halogens is 2. The van der Waals surface area contributed by atoms with E-state index in [4.69, 9.17) is 11.6 Å². The predicted molar refractivity (Wildman–Crippen MR) is 140 cm³/mol. The van der Waals surface area contributed by atoms with Crippen molar-refractivity contribution in [1.82, 2.24) is 20.3 Å². The van der Waals surface area contributed by atoms with Crippen LogP contribution >= 0.6 is 11.6 Å². The zero-order chi connectivity index (χ0) is 24.6. The first-order valence-corrected chi connectivity index (χ1v) is 12.2. The topological polar surface area (TPSA) is 73.9 Å².